The van der Waals surface area contributed by atoms with Crippen LogP contribution in [-0.2, 0) is 110 Å². The third-order valence-corrected chi connectivity index (χ3v) is 25.3. The second-order valence-corrected chi connectivity index (χ2v) is 35.0. The summed E-state index contributed by atoms with van der Waals surface area (Å²) >= 11 is 0. The highest BCUT2D eigenvalue weighted by Crippen LogP contribution is 2.55. The Labute approximate surface area is 808 Å². The summed E-state index contributed by atoms with van der Waals surface area (Å²) in [5.74, 6) is -2.87. The molecule has 14 atom stereocenters. The number of rotatable bonds is 59. The third kappa shape index (κ3) is 60.3. The van der Waals surface area contributed by atoms with Gasteiger partial charge in [0.15, 0.2) is 18.7 Å². The van der Waals surface area contributed by atoms with Crippen LogP contribution in [0.4, 0.5) is 0 Å². The topological polar surface area (TPSA) is 388 Å². The molecular weight excluding hydrogens is 1840 g/mol. The number of carbonyl (C=O) groups excluding carboxylic acids is 9. The fraction of sp³-hybridized carbons (Fsp3) is 0.558. The lowest BCUT2D eigenvalue weighted by atomic mass is 10.1. The van der Waals surface area contributed by atoms with E-state index in [2.05, 4.69) is 215 Å². The fourth-order valence-corrected chi connectivity index (χ4v) is 17.8. The van der Waals surface area contributed by atoms with Crippen molar-refractivity contribution in [3.63, 3.8) is 0 Å². The molecule has 5 aliphatic rings. The van der Waals surface area contributed by atoms with Gasteiger partial charge in [0.2, 0.25) is 0 Å². The number of benzene rings is 3. The number of epoxide rings is 5. The van der Waals surface area contributed by atoms with Crippen LogP contribution in [-0.4, -0.2) is 201 Å². The quantitative estimate of drug-likeness (QED) is 0.00389. The molecule has 0 amide bonds. The molecular formula is C104H154IO27P. The van der Waals surface area contributed by atoms with Crippen LogP contribution >= 0.6 is 7.26 Å². The van der Waals surface area contributed by atoms with Crippen LogP contribution in [0.1, 0.15) is 254 Å². The van der Waals surface area contributed by atoms with Crippen molar-refractivity contribution in [1.29, 1.82) is 0 Å². The second-order valence-electron chi connectivity index (χ2n) is 31.5. The summed E-state index contributed by atoms with van der Waals surface area (Å²) in [5, 5.41) is 38.4. The van der Waals surface area contributed by atoms with E-state index in [4.69, 9.17) is 53.5 Å². The number of halogens is 1. The number of aliphatic carboxylic acids is 1. The van der Waals surface area contributed by atoms with Crippen LogP contribution < -0.4 is 39.9 Å². The average molecular weight is 1990 g/mol. The Kier molecular flexibility index (Phi) is 74.2. The van der Waals surface area contributed by atoms with Crippen LogP contribution in [0.5, 0.6) is 0 Å². The molecule has 3 aromatic carbocycles. The normalized spacial score (nSPS) is 19.5. The maximum Gasteiger partial charge on any atom is 0.305 e. The predicted octanol–water partition coefficient (Wildman–Crippen LogP) is 15.8. The van der Waals surface area contributed by atoms with E-state index in [-0.39, 0.29) is 141 Å². The van der Waals surface area contributed by atoms with E-state index >= 15 is 0 Å². The highest BCUT2D eigenvalue weighted by Gasteiger charge is 2.49. The fourth-order valence-electron chi connectivity index (χ4n) is 13.7. The molecule has 0 aliphatic carbocycles. The summed E-state index contributed by atoms with van der Waals surface area (Å²) in [5.41, 5.74) is 0. The number of carboxylic acids is 1. The van der Waals surface area contributed by atoms with Gasteiger partial charge in [0.05, 0.1) is 65.1 Å². The molecule has 0 bridgehead atoms. The minimum absolute atomic E-state index is 0. The summed E-state index contributed by atoms with van der Waals surface area (Å²) in [6.07, 6.45) is 63.5. The van der Waals surface area contributed by atoms with E-state index in [0.717, 1.165) is 76.7 Å². The van der Waals surface area contributed by atoms with Crippen molar-refractivity contribution in [3.8, 4) is 0 Å². The number of ether oxygens (including phenoxy) is 12. The van der Waals surface area contributed by atoms with Gasteiger partial charge in [-0.3, -0.25) is 43.2 Å². The minimum Gasteiger partial charge on any atom is -1.00 e. The lowest BCUT2D eigenvalue weighted by Crippen LogP contribution is -3.00. The monoisotopic (exact) mass is 1990 g/mol. The highest BCUT2D eigenvalue weighted by atomic mass is 127. The smallest absolute Gasteiger partial charge is 0.305 e. The molecule has 5 aliphatic heterocycles. The molecule has 29 heteroatoms. The second kappa shape index (κ2) is 79.4. The molecule has 3 aromatic rings. The van der Waals surface area contributed by atoms with Crippen molar-refractivity contribution in [1.82, 2.24) is 0 Å². The number of hydrogen-bond donors (Lipinski definition) is 4. The van der Waals surface area contributed by atoms with Gasteiger partial charge in [-0.1, -0.05) is 224 Å². The summed E-state index contributed by atoms with van der Waals surface area (Å²) in [4.78, 5) is 108. The Balaban J connectivity index is 0.00000159. The van der Waals surface area contributed by atoms with Crippen molar-refractivity contribution in [2.24, 2.45) is 0 Å². The van der Waals surface area contributed by atoms with E-state index in [0.29, 0.717) is 70.5 Å². The molecule has 0 aromatic heterocycles. The van der Waals surface area contributed by atoms with E-state index in [1.807, 2.05) is 18.2 Å². The molecule has 744 valence electrons. The molecule has 4 N–H and O–H groups in total. The molecule has 5 heterocycles. The number of unbranched alkanes of at least 4 members (excludes halogenated alkanes) is 9. The van der Waals surface area contributed by atoms with Crippen LogP contribution in [0.2, 0.25) is 0 Å². The zero-order valence-electron chi connectivity index (χ0n) is 79.3. The lowest BCUT2D eigenvalue weighted by molar-refractivity contribution is -0.465. The van der Waals surface area contributed by atoms with Gasteiger partial charge in [0.25, 0.3) is 0 Å². The molecule has 27 nitrogen and oxygen atoms in total. The molecule has 5 saturated heterocycles. The van der Waals surface area contributed by atoms with Crippen LogP contribution in [0, 0.1) is 0 Å². The van der Waals surface area contributed by atoms with E-state index in [9.17, 15) is 53.1 Å². The first-order valence-electron chi connectivity index (χ1n) is 46.2. The van der Waals surface area contributed by atoms with Gasteiger partial charge in [0, 0.05) is 52.9 Å². The SMILES string of the molecule is C.C=CC(OC(C)=O)C1OC1CCCC(=O)OC.CCCCC/C=C\C/C=C\C/C=C\C(O)C1OC1CCCC(=O)O.CCCCC/C=C\C/C=C\C/C=C\C(OC(C)=O)C1OC1CCCC(=O)OC.CCCCC/C=C\C/C=C\C[P+](c1ccccc1)(c1ccccc1)c1ccccc1.COC(=O)CCCC1OC1C(C=O)OC(C)=O.COC(=O)CCCC1OC1C=O.OOO.[I-]. The first kappa shape index (κ1) is 124. The van der Waals surface area contributed by atoms with Crippen molar-refractivity contribution in [2.45, 2.75) is 340 Å². The van der Waals surface area contributed by atoms with Crippen molar-refractivity contribution in [3.05, 3.63) is 201 Å². The first-order chi connectivity index (χ1) is 63.4. The third-order valence-electron chi connectivity index (χ3n) is 21.0. The number of hydrogen-bond acceptors (Lipinski definition) is 26. The largest absolute Gasteiger partial charge is 1.00 e. The molecule has 5 fully saturated rings. The molecule has 0 spiro atoms. The van der Waals surface area contributed by atoms with Crippen molar-refractivity contribution < 1.29 is 155 Å². The lowest BCUT2D eigenvalue weighted by Gasteiger charge is -2.26. The van der Waals surface area contributed by atoms with Crippen LogP contribution in [0.15, 0.2) is 201 Å². The summed E-state index contributed by atoms with van der Waals surface area (Å²) < 4.78 is 59.9. The van der Waals surface area contributed by atoms with Gasteiger partial charge < -0.3 is 95.8 Å². The van der Waals surface area contributed by atoms with Crippen LogP contribution in [0.3, 0.4) is 0 Å². The average Bonchev–Trinajstić information content (AvgIpc) is 1.39. The Morgan fingerprint density at radius 3 is 1.03 bits per heavy atom. The van der Waals surface area contributed by atoms with E-state index in [1.165, 1.54) is 136 Å². The van der Waals surface area contributed by atoms with Gasteiger partial charge in [-0.05, 0) is 183 Å². The highest BCUT2D eigenvalue weighted by molar-refractivity contribution is 7.95. The van der Waals surface area contributed by atoms with Gasteiger partial charge in [0.1, 0.15) is 72.0 Å². The van der Waals surface area contributed by atoms with Gasteiger partial charge >= 0.3 is 47.8 Å². The minimum atomic E-state index is -1.73. The molecule has 14 unspecified atom stereocenters. The summed E-state index contributed by atoms with van der Waals surface area (Å²) in [6.45, 7) is 14.3. The summed E-state index contributed by atoms with van der Waals surface area (Å²) in [7, 11) is 3.72. The molecule has 0 radical (unpaired) electrons. The number of aldehydes is 2. The summed E-state index contributed by atoms with van der Waals surface area (Å²) in [6, 6.07) is 33.3. The predicted molar refractivity (Wildman–Crippen MR) is 515 cm³/mol. The van der Waals surface area contributed by atoms with E-state index < -0.39 is 37.5 Å². The van der Waals surface area contributed by atoms with E-state index in [1.54, 1.807) is 12.2 Å². The van der Waals surface area contributed by atoms with Crippen molar-refractivity contribution in [2.75, 3.05) is 34.6 Å². The molecule has 133 heavy (non-hydrogen) atoms. The van der Waals surface area contributed by atoms with Crippen LogP contribution in [0.25, 0.3) is 0 Å². The number of allylic oxidation sites excluding steroid dienone is 14. The zero-order chi connectivity index (χ0) is 96.5. The number of carboxylic acid groups (broad SMARTS) is 1. The number of aliphatic hydroxyl groups excluding tert-OH is 1. The van der Waals surface area contributed by atoms with Crippen molar-refractivity contribution >= 4 is 83.5 Å². The van der Waals surface area contributed by atoms with Gasteiger partial charge in [-0.2, -0.15) is 0 Å². The number of methoxy groups -OCH3 is 4. The van der Waals surface area contributed by atoms with Gasteiger partial charge in [-0.15, -0.1) is 0 Å². The standard InChI is InChI=1S/C29H34P.C23H36O5.C20H32O4.C12H18O5.C11H16O6.C8H12O4.CH4.HI.H2O3/c1-2-3-4-5-6-7-8-9-19-26-30(27-20-13-10-14-21-27,28-22-15-11-16-23-28)29-24-17-12-18-25-29;1-4-5-6-7-8-9-10-11-12-13-14-16-20(27-19(2)24)23-21(28-23)17-15-18-22(25)26-3;1-2-3-4-5-6-7-8-9-10-11-12-14-17(21)20-18(24-20)15-13-16-19(22)23;1-4-9(16-8(2)13)12-10(17-12)6-5-7-11(14)15-3;1-7(13)16-9(6-12)11-8(17-11)4-3-5-10(14)15-2;1-11-8(10)4-2-3-6-7(5-9)12-6;;;1-3-2/h6-7,9-25H,2-5,8,26H2,1H3;8-9,11-12,14,16,20-21,23H,4-7,10,13,15,17-18H2,1-3H3;6-7,9-10,12,14,17-18,20-21H,2-5,8,11,13,15-16H2,1H3,(H,22,23);4,9-10,12H,1,5-7H2,2-3H3;6,8-9,11H,3-5H2,1-2H3;5-7H,2-4H2,1H3;1H4;1H;1-2H/q+1;;;;;;;;/p-1/b7-6-,19-9-;9-8-,12-11-,16-14-;7-6-,10-9-,14-12-;;;;;;. The maximum atomic E-state index is 11.3. The zero-order valence-corrected chi connectivity index (χ0v) is 82.3. The molecule has 0 saturated carbocycles. The molecule has 8 rings (SSSR count). The Hall–Kier alpha value is -8.78. The Morgan fingerprint density at radius 2 is 0.699 bits per heavy atom. The van der Waals surface area contributed by atoms with Gasteiger partial charge in [-0.25, -0.2) is 10.5 Å². The number of esters is 7. The Bertz CT molecular complexity index is 3730. The maximum absolute atomic E-state index is 11.3. The first-order valence-corrected chi connectivity index (χ1v) is 48.2. The Morgan fingerprint density at radius 1 is 0.398 bits per heavy atom. The number of carbonyl (C=O) groups is 10. The number of aliphatic hydroxyl groups is 1.